The van der Waals surface area contributed by atoms with Gasteiger partial charge in [-0.2, -0.15) is 0 Å². The number of aryl methyl sites for hydroxylation is 1. The van der Waals surface area contributed by atoms with E-state index in [1.165, 1.54) is 5.52 Å². The maximum Gasteiger partial charge on any atom is 0.115 e. The van der Waals surface area contributed by atoms with Crippen LogP contribution in [-0.2, 0) is 16.7 Å². The van der Waals surface area contributed by atoms with Crippen LogP contribution < -0.4 is 0 Å². The molecule has 0 amide bonds. The minimum atomic E-state index is 0.0616. The fraction of sp³-hybridized carbons (Fsp3) is 0.533. The molecule has 18 heavy (non-hydrogen) atoms. The summed E-state index contributed by atoms with van der Waals surface area (Å²) < 4.78 is 7.47. The zero-order valence-corrected chi connectivity index (χ0v) is 11.7. The van der Waals surface area contributed by atoms with E-state index in [4.69, 9.17) is 9.72 Å². The second-order valence-corrected chi connectivity index (χ2v) is 5.67. The highest BCUT2D eigenvalue weighted by molar-refractivity contribution is 5.76. The number of hydrogen-bond donors (Lipinski definition) is 0. The first-order valence-corrected chi connectivity index (χ1v) is 6.48. The highest BCUT2D eigenvalue weighted by Gasteiger charge is 2.22. The van der Waals surface area contributed by atoms with Crippen molar-refractivity contribution in [1.82, 2.24) is 9.55 Å². The average Bonchev–Trinajstić information content (AvgIpc) is 2.69. The van der Waals surface area contributed by atoms with Crippen LogP contribution in [0, 0.1) is 0 Å². The lowest BCUT2D eigenvalue weighted by molar-refractivity contribution is 0.190. The molecule has 2 rings (SSSR count). The van der Waals surface area contributed by atoms with E-state index in [0.717, 1.165) is 30.9 Å². The number of benzene rings is 1. The molecule has 0 fully saturated rings. The Kier molecular flexibility index (Phi) is 3.71. The van der Waals surface area contributed by atoms with Crippen molar-refractivity contribution in [3.63, 3.8) is 0 Å². The molecule has 0 atom stereocenters. The largest absolute Gasteiger partial charge is 0.385 e. The molecule has 0 saturated carbocycles. The maximum absolute atomic E-state index is 5.14. The maximum atomic E-state index is 5.14. The Morgan fingerprint density at radius 1 is 1.22 bits per heavy atom. The summed E-state index contributed by atoms with van der Waals surface area (Å²) in [6, 6.07) is 8.34. The minimum absolute atomic E-state index is 0.0616. The van der Waals surface area contributed by atoms with Crippen LogP contribution in [0.4, 0.5) is 0 Å². The van der Waals surface area contributed by atoms with E-state index in [1.54, 1.807) is 7.11 Å². The number of fused-ring (bicyclic) bond motifs is 1. The Morgan fingerprint density at radius 2 is 1.94 bits per heavy atom. The molecular formula is C15H22N2O. The Hall–Kier alpha value is -1.35. The minimum Gasteiger partial charge on any atom is -0.385 e. The molecule has 0 aliphatic rings. The predicted octanol–water partition coefficient (Wildman–Crippen LogP) is 3.37. The van der Waals surface area contributed by atoms with E-state index >= 15 is 0 Å². The van der Waals surface area contributed by atoms with Gasteiger partial charge in [0.05, 0.1) is 11.0 Å². The van der Waals surface area contributed by atoms with Crippen LogP contribution >= 0.6 is 0 Å². The van der Waals surface area contributed by atoms with Gasteiger partial charge >= 0.3 is 0 Å². The van der Waals surface area contributed by atoms with Crippen molar-refractivity contribution in [2.45, 2.75) is 39.2 Å². The molecule has 0 spiro atoms. The average molecular weight is 246 g/mol. The third-order valence-electron chi connectivity index (χ3n) is 3.06. The fourth-order valence-corrected chi connectivity index (χ4v) is 2.24. The lowest BCUT2D eigenvalue weighted by Gasteiger charge is -2.20. The van der Waals surface area contributed by atoms with Gasteiger partial charge in [-0.15, -0.1) is 0 Å². The number of hydrogen-bond acceptors (Lipinski definition) is 2. The van der Waals surface area contributed by atoms with Crippen LogP contribution in [0.15, 0.2) is 24.3 Å². The number of aromatic nitrogens is 2. The number of ether oxygens (including phenoxy) is 1. The zero-order valence-electron chi connectivity index (χ0n) is 11.7. The van der Waals surface area contributed by atoms with Gasteiger partial charge in [-0.1, -0.05) is 32.9 Å². The van der Waals surface area contributed by atoms with Crippen molar-refractivity contribution in [2.75, 3.05) is 13.7 Å². The molecule has 98 valence electrons. The predicted molar refractivity (Wildman–Crippen MR) is 74.9 cm³/mol. The molecule has 1 aromatic carbocycles. The van der Waals surface area contributed by atoms with E-state index in [9.17, 15) is 0 Å². The summed E-state index contributed by atoms with van der Waals surface area (Å²) in [6.07, 6.45) is 1.01. The normalized spacial score (nSPS) is 12.2. The van der Waals surface area contributed by atoms with Gasteiger partial charge in [-0.05, 0) is 18.6 Å². The van der Waals surface area contributed by atoms with Crippen molar-refractivity contribution >= 4 is 11.0 Å². The standard InChI is InChI=1S/C15H22N2O/c1-15(2,3)14-16-12-8-5-6-9-13(12)17(14)10-7-11-18-4/h5-6,8-9H,7,10-11H2,1-4H3. The fourth-order valence-electron chi connectivity index (χ4n) is 2.24. The molecule has 0 saturated heterocycles. The molecule has 2 aromatic rings. The molecule has 1 aromatic heterocycles. The van der Waals surface area contributed by atoms with Crippen molar-refractivity contribution in [2.24, 2.45) is 0 Å². The summed E-state index contributed by atoms with van der Waals surface area (Å²) in [6.45, 7) is 8.38. The van der Waals surface area contributed by atoms with Crippen LogP contribution in [0.1, 0.15) is 33.0 Å². The van der Waals surface area contributed by atoms with Gasteiger partial charge in [-0.3, -0.25) is 0 Å². The van der Waals surface area contributed by atoms with Gasteiger partial charge in [0, 0.05) is 25.7 Å². The first-order chi connectivity index (χ1) is 8.54. The quantitative estimate of drug-likeness (QED) is 0.773. The van der Waals surface area contributed by atoms with Crippen molar-refractivity contribution in [3.05, 3.63) is 30.1 Å². The summed E-state index contributed by atoms with van der Waals surface area (Å²) in [5, 5.41) is 0. The van der Waals surface area contributed by atoms with E-state index in [0.29, 0.717) is 0 Å². The van der Waals surface area contributed by atoms with Crippen molar-refractivity contribution in [1.29, 1.82) is 0 Å². The molecule has 0 aliphatic carbocycles. The Balaban J connectivity index is 2.44. The third-order valence-corrected chi connectivity index (χ3v) is 3.06. The molecule has 0 radical (unpaired) electrons. The number of methoxy groups -OCH3 is 1. The van der Waals surface area contributed by atoms with Gasteiger partial charge in [-0.25, -0.2) is 4.98 Å². The summed E-state index contributed by atoms with van der Waals surface area (Å²) in [5.41, 5.74) is 2.37. The highest BCUT2D eigenvalue weighted by Crippen LogP contribution is 2.26. The number of para-hydroxylation sites is 2. The Labute approximate surface area is 109 Å². The highest BCUT2D eigenvalue weighted by atomic mass is 16.5. The van der Waals surface area contributed by atoms with Crippen LogP contribution in [-0.4, -0.2) is 23.3 Å². The molecule has 0 aliphatic heterocycles. The SMILES string of the molecule is COCCCn1c(C(C)(C)C)nc2ccccc21. The monoisotopic (exact) mass is 246 g/mol. The van der Waals surface area contributed by atoms with E-state index in [-0.39, 0.29) is 5.41 Å². The van der Waals surface area contributed by atoms with Crippen LogP contribution in [0.3, 0.4) is 0 Å². The first-order valence-electron chi connectivity index (χ1n) is 6.48. The summed E-state index contributed by atoms with van der Waals surface area (Å²) >= 11 is 0. The van der Waals surface area contributed by atoms with Crippen molar-refractivity contribution < 1.29 is 4.74 Å². The van der Waals surface area contributed by atoms with Crippen LogP contribution in [0.25, 0.3) is 11.0 Å². The molecule has 0 unspecified atom stereocenters. The van der Waals surface area contributed by atoms with Gasteiger partial charge < -0.3 is 9.30 Å². The van der Waals surface area contributed by atoms with Crippen LogP contribution in [0.5, 0.6) is 0 Å². The Morgan fingerprint density at radius 3 is 2.61 bits per heavy atom. The van der Waals surface area contributed by atoms with Gasteiger partial charge in [0.1, 0.15) is 5.82 Å². The number of rotatable bonds is 4. The van der Waals surface area contributed by atoms with Gasteiger partial charge in [0.25, 0.3) is 0 Å². The summed E-state index contributed by atoms with van der Waals surface area (Å²) in [4.78, 5) is 4.78. The molecule has 3 nitrogen and oxygen atoms in total. The van der Waals surface area contributed by atoms with Crippen LogP contribution in [0.2, 0.25) is 0 Å². The van der Waals surface area contributed by atoms with E-state index < -0.39 is 0 Å². The molecule has 3 heteroatoms. The molecule has 1 heterocycles. The smallest absolute Gasteiger partial charge is 0.115 e. The van der Waals surface area contributed by atoms with Gasteiger partial charge in [0.15, 0.2) is 0 Å². The first kappa shape index (κ1) is 13.1. The topological polar surface area (TPSA) is 27.1 Å². The van der Waals surface area contributed by atoms with Crippen molar-refractivity contribution in [3.8, 4) is 0 Å². The number of imidazole rings is 1. The molecule has 0 N–H and O–H groups in total. The second kappa shape index (κ2) is 5.11. The van der Waals surface area contributed by atoms with E-state index in [2.05, 4.69) is 43.5 Å². The zero-order chi connectivity index (χ0) is 13.2. The second-order valence-electron chi connectivity index (χ2n) is 5.67. The Bertz CT molecular complexity index is 523. The van der Waals surface area contributed by atoms with E-state index in [1.807, 2.05) is 6.07 Å². The third kappa shape index (κ3) is 2.56. The molecule has 0 bridgehead atoms. The summed E-state index contributed by atoms with van der Waals surface area (Å²) in [5.74, 6) is 1.15. The lowest BCUT2D eigenvalue weighted by atomic mass is 9.95. The molecular weight excluding hydrogens is 224 g/mol. The van der Waals surface area contributed by atoms with Gasteiger partial charge in [0.2, 0.25) is 0 Å². The number of nitrogens with zero attached hydrogens (tertiary/aromatic N) is 2. The lowest BCUT2D eigenvalue weighted by Crippen LogP contribution is -2.19. The summed E-state index contributed by atoms with van der Waals surface area (Å²) in [7, 11) is 1.75.